The quantitative estimate of drug-likeness (QED) is 0.262. The highest BCUT2D eigenvalue weighted by Gasteiger charge is 2.08. The van der Waals surface area contributed by atoms with Crippen LogP contribution in [0.5, 0.6) is 0 Å². The van der Waals surface area contributed by atoms with E-state index in [1.54, 1.807) is 6.07 Å². The van der Waals surface area contributed by atoms with Crippen molar-refractivity contribution in [1.29, 1.82) is 0 Å². The summed E-state index contributed by atoms with van der Waals surface area (Å²) in [4.78, 5) is 26.4. The van der Waals surface area contributed by atoms with Crippen molar-refractivity contribution in [2.45, 2.75) is 12.8 Å². The highest BCUT2D eigenvalue weighted by molar-refractivity contribution is 5.97. The number of nitrogens with two attached hydrogens (primary N) is 1. The smallest absolute Gasteiger partial charge is 0.335 e. The van der Waals surface area contributed by atoms with E-state index in [1.807, 2.05) is 0 Å². The van der Waals surface area contributed by atoms with Gasteiger partial charge in [0.1, 0.15) is 6.26 Å². The van der Waals surface area contributed by atoms with Gasteiger partial charge in [0, 0.05) is 0 Å². The van der Waals surface area contributed by atoms with E-state index < -0.39 is 11.9 Å². The van der Waals surface area contributed by atoms with Crippen LogP contribution in [0.15, 0.2) is 28.2 Å². The van der Waals surface area contributed by atoms with Crippen molar-refractivity contribution in [1.82, 2.24) is 0 Å². The molecule has 1 aromatic rings. The van der Waals surface area contributed by atoms with Gasteiger partial charge in [-0.1, -0.05) is 5.16 Å². The number of methoxy groups -OCH3 is 1. The monoisotopic (exact) mass is 240 g/mol. The van der Waals surface area contributed by atoms with Gasteiger partial charge in [-0.3, -0.25) is 4.79 Å². The molecule has 0 aliphatic heterocycles. The Labute approximate surface area is 97.2 Å². The molecule has 0 radical (unpaired) electrons. The molecule has 0 saturated heterocycles. The van der Waals surface area contributed by atoms with Crippen LogP contribution >= 0.6 is 0 Å². The van der Waals surface area contributed by atoms with Crippen LogP contribution < -0.4 is 5.73 Å². The van der Waals surface area contributed by atoms with Crippen molar-refractivity contribution < 1.29 is 23.6 Å². The lowest BCUT2D eigenvalue weighted by Gasteiger charge is -1.98. The summed E-state index contributed by atoms with van der Waals surface area (Å²) < 4.78 is 9.14. The van der Waals surface area contributed by atoms with Gasteiger partial charge in [0.05, 0.1) is 31.8 Å². The maximum absolute atomic E-state index is 11.1. The van der Waals surface area contributed by atoms with E-state index in [2.05, 4.69) is 14.7 Å². The van der Waals surface area contributed by atoms with Gasteiger partial charge in [-0.2, -0.15) is 0 Å². The summed E-state index contributed by atoms with van der Waals surface area (Å²) in [7, 11) is 1.24. The Morgan fingerprint density at radius 1 is 1.41 bits per heavy atom. The van der Waals surface area contributed by atoms with Gasteiger partial charge in [-0.15, -0.1) is 0 Å². The zero-order valence-electron chi connectivity index (χ0n) is 9.21. The first-order valence-corrected chi connectivity index (χ1v) is 4.76. The predicted molar refractivity (Wildman–Crippen MR) is 56.8 cm³/mol. The number of nitrogens with zero attached hydrogens (tertiary/aromatic N) is 1. The molecule has 0 aromatic carbocycles. The van der Waals surface area contributed by atoms with E-state index in [9.17, 15) is 9.59 Å². The average molecular weight is 240 g/mol. The van der Waals surface area contributed by atoms with E-state index >= 15 is 0 Å². The van der Waals surface area contributed by atoms with Gasteiger partial charge in [0.15, 0.2) is 5.84 Å². The normalized spacial score (nSPS) is 11.0. The molecular weight excluding hydrogens is 228 g/mol. The third kappa shape index (κ3) is 4.37. The number of amidine groups is 1. The second-order valence-electron chi connectivity index (χ2n) is 3.03. The van der Waals surface area contributed by atoms with E-state index in [-0.39, 0.29) is 18.7 Å². The van der Waals surface area contributed by atoms with Crippen molar-refractivity contribution in [2.24, 2.45) is 10.9 Å². The average Bonchev–Trinajstić information content (AvgIpc) is 2.86. The molecule has 92 valence electrons. The summed E-state index contributed by atoms with van der Waals surface area (Å²) in [6, 6.07) is 1.57. The van der Waals surface area contributed by atoms with Crippen molar-refractivity contribution in [2.75, 3.05) is 7.11 Å². The largest absolute Gasteiger partial charge is 0.472 e. The van der Waals surface area contributed by atoms with Crippen molar-refractivity contribution >= 4 is 17.8 Å². The molecule has 0 aliphatic rings. The van der Waals surface area contributed by atoms with Crippen LogP contribution in [-0.4, -0.2) is 24.9 Å². The molecule has 7 heteroatoms. The van der Waals surface area contributed by atoms with Crippen LogP contribution in [-0.2, 0) is 19.2 Å². The summed E-state index contributed by atoms with van der Waals surface area (Å²) in [5.74, 6) is -1.14. The number of hydrogen-bond donors (Lipinski definition) is 1. The molecule has 17 heavy (non-hydrogen) atoms. The Kier molecular flexibility index (Phi) is 4.74. The number of esters is 1. The first-order valence-electron chi connectivity index (χ1n) is 4.76. The van der Waals surface area contributed by atoms with E-state index in [1.165, 1.54) is 19.6 Å². The van der Waals surface area contributed by atoms with Crippen molar-refractivity contribution in [3.63, 3.8) is 0 Å². The van der Waals surface area contributed by atoms with Crippen molar-refractivity contribution in [3.05, 3.63) is 24.2 Å². The summed E-state index contributed by atoms with van der Waals surface area (Å²) in [6.07, 6.45) is 2.60. The lowest BCUT2D eigenvalue weighted by Crippen LogP contribution is -2.14. The molecule has 0 fully saturated rings. The highest BCUT2D eigenvalue weighted by atomic mass is 16.7. The van der Waals surface area contributed by atoms with Gasteiger partial charge in [-0.25, -0.2) is 4.79 Å². The summed E-state index contributed by atoms with van der Waals surface area (Å²) >= 11 is 0. The molecule has 0 saturated carbocycles. The first kappa shape index (κ1) is 12.8. The van der Waals surface area contributed by atoms with Gasteiger partial charge < -0.3 is 19.7 Å². The minimum atomic E-state index is -0.665. The van der Waals surface area contributed by atoms with Crippen LogP contribution in [0.3, 0.4) is 0 Å². The van der Waals surface area contributed by atoms with E-state index in [4.69, 9.17) is 10.2 Å². The molecule has 0 amide bonds. The molecule has 0 atom stereocenters. The van der Waals surface area contributed by atoms with Crippen LogP contribution in [0.25, 0.3) is 0 Å². The molecule has 0 spiro atoms. The number of furan rings is 1. The third-order valence-corrected chi connectivity index (χ3v) is 1.82. The lowest BCUT2D eigenvalue weighted by molar-refractivity contribution is -0.148. The zero-order valence-corrected chi connectivity index (χ0v) is 9.21. The fourth-order valence-electron chi connectivity index (χ4n) is 0.915. The Bertz CT molecular complexity index is 410. The number of carbonyl (C=O) groups excluding carboxylic acids is 2. The van der Waals surface area contributed by atoms with Crippen LogP contribution in [0.1, 0.15) is 18.4 Å². The minimum absolute atomic E-state index is 0.0187. The van der Waals surface area contributed by atoms with Gasteiger partial charge in [0.2, 0.25) is 0 Å². The second kappa shape index (κ2) is 6.31. The van der Waals surface area contributed by atoms with E-state index in [0.717, 1.165) is 0 Å². The maximum Gasteiger partial charge on any atom is 0.335 e. The number of oxime groups is 1. The molecule has 1 aromatic heterocycles. The Hall–Kier alpha value is -2.31. The van der Waals surface area contributed by atoms with Gasteiger partial charge in [0.25, 0.3) is 0 Å². The van der Waals surface area contributed by atoms with Crippen LogP contribution in [0.4, 0.5) is 0 Å². The van der Waals surface area contributed by atoms with Crippen LogP contribution in [0, 0.1) is 0 Å². The molecular formula is C10H12N2O5. The molecule has 1 heterocycles. The lowest BCUT2D eigenvalue weighted by atomic mass is 10.3. The van der Waals surface area contributed by atoms with E-state index in [0.29, 0.717) is 5.56 Å². The van der Waals surface area contributed by atoms with Crippen LogP contribution in [0.2, 0.25) is 0 Å². The van der Waals surface area contributed by atoms with Gasteiger partial charge >= 0.3 is 11.9 Å². The molecule has 1 rings (SSSR count). The summed E-state index contributed by atoms with van der Waals surface area (Å²) in [6.45, 7) is 0. The molecule has 0 bridgehead atoms. The summed E-state index contributed by atoms with van der Waals surface area (Å²) in [5.41, 5.74) is 6.00. The molecule has 0 unspecified atom stereocenters. The fraction of sp³-hybridized carbons (Fsp3) is 0.300. The van der Waals surface area contributed by atoms with Gasteiger partial charge in [-0.05, 0) is 6.07 Å². The number of rotatable bonds is 5. The zero-order chi connectivity index (χ0) is 12.7. The molecule has 2 N–H and O–H groups in total. The third-order valence-electron chi connectivity index (χ3n) is 1.82. The highest BCUT2D eigenvalue weighted by Crippen LogP contribution is 2.00. The number of carbonyl (C=O) groups is 2. The van der Waals surface area contributed by atoms with Crippen molar-refractivity contribution in [3.8, 4) is 0 Å². The number of ether oxygens (including phenoxy) is 1. The minimum Gasteiger partial charge on any atom is -0.472 e. The Morgan fingerprint density at radius 3 is 2.71 bits per heavy atom. The SMILES string of the molecule is COC(=O)CCC(=O)O/N=C(\N)c1ccoc1. The maximum atomic E-state index is 11.1. The Balaban J connectivity index is 2.37. The molecule has 7 nitrogen and oxygen atoms in total. The topological polar surface area (TPSA) is 104 Å². The number of hydrogen-bond acceptors (Lipinski definition) is 6. The molecule has 0 aliphatic carbocycles. The summed E-state index contributed by atoms with van der Waals surface area (Å²) in [5, 5.41) is 3.40. The fourth-order valence-corrected chi connectivity index (χ4v) is 0.915. The second-order valence-corrected chi connectivity index (χ2v) is 3.03. The standard InChI is InChI=1S/C10H12N2O5/c1-15-8(13)2-3-9(14)17-12-10(11)7-4-5-16-6-7/h4-6H,2-3H2,1H3,(H2,11,12). The first-order chi connectivity index (χ1) is 8.13. The predicted octanol–water partition coefficient (Wildman–Crippen LogP) is 0.396. The Morgan fingerprint density at radius 2 is 2.12 bits per heavy atom.